The minimum atomic E-state index is -0.474. The molecule has 0 aliphatic heterocycles. The van der Waals surface area contributed by atoms with Gasteiger partial charge >= 0.3 is 0 Å². The Hall–Kier alpha value is -1.69. The molecule has 0 fully saturated rings. The third-order valence-corrected chi connectivity index (χ3v) is 1.60. The summed E-state index contributed by atoms with van der Waals surface area (Å²) in [5.74, 6) is 0.624. The number of rotatable bonds is 5. The fourth-order valence-electron chi connectivity index (χ4n) is 0.894. The molecule has 1 rings (SSSR count). The van der Waals surface area contributed by atoms with Gasteiger partial charge < -0.3 is 10.6 Å². The predicted octanol–water partition coefficient (Wildman–Crippen LogP) is 1.41. The molecule has 0 amide bonds. The van der Waals surface area contributed by atoms with E-state index >= 15 is 0 Å². The van der Waals surface area contributed by atoms with Crippen molar-refractivity contribution >= 4 is 11.5 Å². The van der Waals surface area contributed by atoms with E-state index in [0.717, 1.165) is 0 Å². The van der Waals surface area contributed by atoms with Gasteiger partial charge in [-0.25, -0.2) is 4.98 Å². The van der Waals surface area contributed by atoms with Crippen molar-refractivity contribution in [3.63, 3.8) is 0 Å². The molecule has 14 heavy (non-hydrogen) atoms. The molecule has 0 atom stereocenters. The number of hydrogen-bond acceptors (Lipinski definition) is 4. The summed E-state index contributed by atoms with van der Waals surface area (Å²) < 4.78 is 0. The lowest BCUT2D eigenvalue weighted by Gasteiger charge is -2.11. The molecule has 6 heteroatoms. The van der Waals surface area contributed by atoms with Gasteiger partial charge in [0.25, 0.3) is 5.69 Å². The quantitative estimate of drug-likeness (QED) is 0.437. The van der Waals surface area contributed by atoms with E-state index < -0.39 is 4.92 Å². The zero-order valence-electron chi connectivity index (χ0n) is 7.80. The highest BCUT2D eigenvalue weighted by atomic mass is 16.6. The van der Waals surface area contributed by atoms with Gasteiger partial charge in [0.15, 0.2) is 0 Å². The van der Waals surface area contributed by atoms with Crippen LogP contribution in [0.3, 0.4) is 0 Å². The van der Waals surface area contributed by atoms with E-state index in [-0.39, 0.29) is 5.69 Å². The molecular formula is C8H11N4O2-. The Bertz CT molecular complexity index is 299. The van der Waals surface area contributed by atoms with Gasteiger partial charge in [0.1, 0.15) is 12.0 Å². The van der Waals surface area contributed by atoms with Crippen LogP contribution in [0, 0.1) is 10.1 Å². The molecule has 1 aromatic heterocycles. The summed E-state index contributed by atoms with van der Waals surface area (Å²) in [5.41, 5.74) is -0.00395. The Morgan fingerprint density at radius 1 is 1.64 bits per heavy atom. The van der Waals surface area contributed by atoms with E-state index in [4.69, 9.17) is 0 Å². The van der Waals surface area contributed by atoms with E-state index in [0.29, 0.717) is 18.9 Å². The largest absolute Gasteiger partial charge is 0.664 e. The molecular weight excluding hydrogens is 184 g/mol. The molecule has 1 N–H and O–H groups in total. The summed E-state index contributed by atoms with van der Waals surface area (Å²) in [5, 5.41) is 17.2. The molecule has 0 radical (unpaired) electrons. The van der Waals surface area contributed by atoms with Crippen molar-refractivity contribution in [1.82, 2.24) is 4.98 Å². The van der Waals surface area contributed by atoms with Crippen molar-refractivity contribution in [1.29, 1.82) is 0 Å². The van der Waals surface area contributed by atoms with Crippen molar-refractivity contribution in [3.8, 4) is 0 Å². The first-order valence-electron chi connectivity index (χ1n) is 4.14. The SMILES string of the molecule is C[N-]CCNc1ccc([N+](=O)[O-])cn1. The van der Waals surface area contributed by atoms with Crippen LogP contribution in [-0.4, -0.2) is 30.0 Å². The monoisotopic (exact) mass is 195 g/mol. The Kier molecular flexibility index (Phi) is 3.81. The van der Waals surface area contributed by atoms with Crippen molar-refractivity contribution in [2.24, 2.45) is 0 Å². The third kappa shape index (κ3) is 2.98. The van der Waals surface area contributed by atoms with Crippen LogP contribution >= 0.6 is 0 Å². The number of pyridine rings is 1. The molecule has 0 spiro atoms. The van der Waals surface area contributed by atoms with Crippen molar-refractivity contribution in [2.45, 2.75) is 0 Å². The molecule has 0 bridgehead atoms. The van der Waals surface area contributed by atoms with E-state index in [1.165, 1.54) is 12.3 Å². The third-order valence-electron chi connectivity index (χ3n) is 1.60. The van der Waals surface area contributed by atoms with Crippen LogP contribution in [0.1, 0.15) is 0 Å². The molecule has 0 saturated heterocycles. The maximum atomic E-state index is 10.3. The van der Waals surface area contributed by atoms with Gasteiger partial charge in [0, 0.05) is 6.07 Å². The smallest absolute Gasteiger partial charge is 0.287 e. The molecule has 1 heterocycles. The first-order valence-corrected chi connectivity index (χ1v) is 4.14. The lowest BCUT2D eigenvalue weighted by molar-refractivity contribution is -0.385. The molecule has 0 aliphatic carbocycles. The fraction of sp³-hybridized carbons (Fsp3) is 0.375. The van der Waals surface area contributed by atoms with Crippen LogP contribution in [0.25, 0.3) is 5.32 Å². The van der Waals surface area contributed by atoms with Gasteiger partial charge in [-0.15, -0.1) is 6.54 Å². The van der Waals surface area contributed by atoms with Crippen molar-refractivity contribution in [3.05, 3.63) is 33.8 Å². The normalized spacial score (nSPS) is 9.79. The standard InChI is InChI=1S/C8H11N4O2/c1-9-4-5-10-8-3-2-7(6-11-8)12(13)14/h2-3,6H,4-5H2,1H3,(H,10,11)/q-1. The second-order valence-electron chi connectivity index (χ2n) is 2.63. The van der Waals surface area contributed by atoms with Crippen LogP contribution in [0.5, 0.6) is 0 Å². The Morgan fingerprint density at radius 2 is 2.43 bits per heavy atom. The summed E-state index contributed by atoms with van der Waals surface area (Å²) in [6, 6.07) is 2.99. The summed E-state index contributed by atoms with van der Waals surface area (Å²) in [4.78, 5) is 13.7. The van der Waals surface area contributed by atoms with Gasteiger partial charge in [-0.3, -0.25) is 10.1 Å². The molecule has 1 aromatic rings. The van der Waals surface area contributed by atoms with Crippen LogP contribution in [0.15, 0.2) is 18.3 Å². The zero-order chi connectivity index (χ0) is 10.4. The van der Waals surface area contributed by atoms with Crippen LogP contribution < -0.4 is 5.32 Å². The second-order valence-corrected chi connectivity index (χ2v) is 2.63. The highest BCUT2D eigenvalue weighted by Gasteiger charge is 2.03. The van der Waals surface area contributed by atoms with Gasteiger partial charge in [0.2, 0.25) is 0 Å². The lowest BCUT2D eigenvalue weighted by atomic mass is 10.4. The Balaban J connectivity index is 2.51. The maximum absolute atomic E-state index is 10.3. The van der Waals surface area contributed by atoms with Crippen molar-refractivity contribution in [2.75, 3.05) is 25.5 Å². The van der Waals surface area contributed by atoms with Crippen LogP contribution in [0.2, 0.25) is 0 Å². The molecule has 0 aliphatic rings. The van der Waals surface area contributed by atoms with Crippen LogP contribution in [0.4, 0.5) is 11.5 Å². The van der Waals surface area contributed by atoms with Crippen molar-refractivity contribution < 1.29 is 4.92 Å². The van der Waals surface area contributed by atoms with E-state index in [1.807, 2.05) is 0 Å². The first-order chi connectivity index (χ1) is 6.74. The zero-order valence-corrected chi connectivity index (χ0v) is 7.80. The topological polar surface area (TPSA) is 82.2 Å². The second kappa shape index (κ2) is 5.13. The summed E-state index contributed by atoms with van der Waals surface area (Å²) in [7, 11) is 1.73. The summed E-state index contributed by atoms with van der Waals surface area (Å²) in [6.45, 7) is 1.37. The average Bonchev–Trinajstić information content (AvgIpc) is 2.19. The number of likely N-dealkylation sites (N-methyl/N-ethyl adjacent to an activating group) is 1. The summed E-state index contributed by atoms with van der Waals surface area (Å²) in [6.07, 6.45) is 1.23. The predicted molar refractivity (Wildman–Crippen MR) is 53.5 cm³/mol. The number of nitrogens with one attached hydrogen (secondary N) is 1. The maximum Gasteiger partial charge on any atom is 0.287 e. The van der Waals surface area contributed by atoms with Gasteiger partial charge in [-0.05, 0) is 12.6 Å². The lowest BCUT2D eigenvalue weighted by Crippen LogP contribution is -2.06. The Morgan fingerprint density at radius 3 is 2.93 bits per heavy atom. The Labute approximate surface area is 81.5 Å². The number of hydrogen-bond donors (Lipinski definition) is 1. The van der Waals surface area contributed by atoms with Gasteiger partial charge in [-0.2, -0.15) is 7.05 Å². The first kappa shape index (κ1) is 10.4. The molecule has 0 aromatic carbocycles. The molecule has 0 unspecified atom stereocenters. The van der Waals surface area contributed by atoms with E-state index in [1.54, 1.807) is 13.1 Å². The number of aromatic nitrogens is 1. The molecule has 0 saturated carbocycles. The number of nitro groups is 1. The number of nitrogens with zero attached hydrogens (tertiary/aromatic N) is 3. The van der Waals surface area contributed by atoms with Gasteiger partial charge in [-0.1, -0.05) is 0 Å². The number of anilines is 1. The highest BCUT2D eigenvalue weighted by Crippen LogP contribution is 2.11. The summed E-state index contributed by atoms with van der Waals surface area (Å²) >= 11 is 0. The highest BCUT2D eigenvalue weighted by molar-refractivity contribution is 5.40. The molecule has 76 valence electrons. The average molecular weight is 195 g/mol. The van der Waals surface area contributed by atoms with E-state index in [9.17, 15) is 10.1 Å². The minimum absolute atomic E-state index is 0.00395. The minimum Gasteiger partial charge on any atom is -0.664 e. The van der Waals surface area contributed by atoms with Gasteiger partial charge in [0.05, 0.1) is 4.92 Å². The molecule has 6 nitrogen and oxygen atoms in total. The fourth-order valence-corrected chi connectivity index (χ4v) is 0.894. The van der Waals surface area contributed by atoms with E-state index in [2.05, 4.69) is 15.6 Å². The van der Waals surface area contributed by atoms with Crippen LogP contribution in [-0.2, 0) is 0 Å².